The molecule has 1 atom stereocenters. The number of rotatable bonds is 4. The maximum atomic E-state index is 13.6. The summed E-state index contributed by atoms with van der Waals surface area (Å²) in [5.41, 5.74) is 0.896. The standard InChI is InChI=1S/C13H14FNO3/c1-8-5-10(15-18-8)7-17-11-3-4-12(9(2)16)13(14)6-11/h3-6,9,16H,7H2,1-2H3/t9-/m1/s1. The lowest BCUT2D eigenvalue weighted by molar-refractivity contribution is 0.193. The Hall–Kier alpha value is -1.88. The fraction of sp³-hybridized carbons (Fsp3) is 0.308. The zero-order valence-corrected chi connectivity index (χ0v) is 10.2. The summed E-state index contributed by atoms with van der Waals surface area (Å²) in [7, 11) is 0. The molecule has 0 bridgehead atoms. The van der Waals surface area contributed by atoms with Crippen molar-refractivity contribution in [1.82, 2.24) is 5.16 Å². The lowest BCUT2D eigenvalue weighted by atomic mass is 10.1. The Labute approximate surface area is 104 Å². The number of nitrogens with zero attached hydrogens (tertiary/aromatic N) is 1. The molecule has 0 aliphatic rings. The summed E-state index contributed by atoms with van der Waals surface area (Å²) in [6.45, 7) is 3.51. The first-order valence-electron chi connectivity index (χ1n) is 5.59. The minimum Gasteiger partial charge on any atom is -0.487 e. The van der Waals surface area contributed by atoms with Gasteiger partial charge in [0.05, 0.1) is 6.10 Å². The van der Waals surface area contributed by atoms with Crippen LogP contribution in [0.3, 0.4) is 0 Å². The van der Waals surface area contributed by atoms with E-state index in [1.54, 1.807) is 19.1 Å². The molecule has 96 valence electrons. The minimum atomic E-state index is -0.836. The highest BCUT2D eigenvalue weighted by Crippen LogP contribution is 2.22. The first-order valence-corrected chi connectivity index (χ1v) is 5.59. The fourth-order valence-corrected chi connectivity index (χ4v) is 1.58. The van der Waals surface area contributed by atoms with Crippen molar-refractivity contribution >= 4 is 0 Å². The van der Waals surface area contributed by atoms with Crippen molar-refractivity contribution in [2.45, 2.75) is 26.6 Å². The summed E-state index contributed by atoms with van der Waals surface area (Å²) in [5.74, 6) is 0.598. The highest BCUT2D eigenvalue weighted by Gasteiger charge is 2.09. The molecular weight excluding hydrogens is 237 g/mol. The third-order valence-corrected chi connectivity index (χ3v) is 2.49. The van der Waals surface area contributed by atoms with Crippen molar-refractivity contribution in [3.8, 4) is 5.75 Å². The van der Waals surface area contributed by atoms with E-state index in [4.69, 9.17) is 9.26 Å². The molecule has 1 N–H and O–H groups in total. The van der Waals surface area contributed by atoms with Gasteiger partial charge in [-0.3, -0.25) is 0 Å². The molecule has 1 aromatic carbocycles. The van der Waals surface area contributed by atoms with Gasteiger partial charge in [0.1, 0.15) is 29.6 Å². The second kappa shape index (κ2) is 5.18. The Morgan fingerprint density at radius 3 is 2.78 bits per heavy atom. The first-order chi connectivity index (χ1) is 8.56. The van der Waals surface area contributed by atoms with Crippen molar-refractivity contribution in [1.29, 1.82) is 0 Å². The summed E-state index contributed by atoms with van der Waals surface area (Å²) in [4.78, 5) is 0. The number of aryl methyl sites for hydroxylation is 1. The number of hydrogen-bond donors (Lipinski definition) is 1. The molecule has 1 aromatic heterocycles. The zero-order valence-electron chi connectivity index (χ0n) is 10.2. The van der Waals surface area contributed by atoms with E-state index in [1.165, 1.54) is 19.1 Å². The van der Waals surface area contributed by atoms with Gasteiger partial charge >= 0.3 is 0 Å². The topological polar surface area (TPSA) is 55.5 Å². The third-order valence-electron chi connectivity index (χ3n) is 2.49. The number of hydrogen-bond acceptors (Lipinski definition) is 4. The van der Waals surface area contributed by atoms with Crippen LogP contribution in [-0.2, 0) is 6.61 Å². The Morgan fingerprint density at radius 2 is 2.22 bits per heavy atom. The molecule has 0 saturated heterocycles. The van der Waals surface area contributed by atoms with Gasteiger partial charge in [0, 0.05) is 17.7 Å². The quantitative estimate of drug-likeness (QED) is 0.907. The smallest absolute Gasteiger partial charge is 0.134 e. The van der Waals surface area contributed by atoms with E-state index in [0.29, 0.717) is 17.2 Å². The zero-order chi connectivity index (χ0) is 13.1. The normalized spacial score (nSPS) is 12.4. The molecule has 1 heterocycles. The van der Waals surface area contributed by atoms with Crippen LogP contribution in [-0.4, -0.2) is 10.3 Å². The molecular formula is C13H14FNO3. The second-order valence-electron chi connectivity index (χ2n) is 4.08. The van der Waals surface area contributed by atoms with Crippen LogP contribution in [0, 0.1) is 12.7 Å². The Morgan fingerprint density at radius 1 is 1.44 bits per heavy atom. The molecule has 0 aliphatic heterocycles. The van der Waals surface area contributed by atoms with Crippen LogP contribution < -0.4 is 4.74 Å². The number of ether oxygens (including phenoxy) is 1. The highest BCUT2D eigenvalue weighted by molar-refractivity contribution is 5.30. The van der Waals surface area contributed by atoms with Gasteiger partial charge in [-0.25, -0.2) is 4.39 Å². The summed E-state index contributed by atoms with van der Waals surface area (Å²) in [6.07, 6.45) is -0.836. The molecule has 0 amide bonds. The number of aromatic nitrogens is 1. The van der Waals surface area contributed by atoms with E-state index in [0.717, 1.165) is 0 Å². The molecule has 2 rings (SSSR count). The van der Waals surface area contributed by atoms with Crippen molar-refractivity contribution < 1.29 is 18.8 Å². The number of aliphatic hydroxyl groups excluding tert-OH is 1. The van der Waals surface area contributed by atoms with Gasteiger partial charge in [0.2, 0.25) is 0 Å². The lowest BCUT2D eigenvalue weighted by Crippen LogP contribution is -1.99. The number of benzene rings is 1. The predicted molar refractivity (Wildman–Crippen MR) is 62.6 cm³/mol. The molecule has 18 heavy (non-hydrogen) atoms. The summed E-state index contributed by atoms with van der Waals surface area (Å²) >= 11 is 0. The van der Waals surface area contributed by atoms with Crippen LogP contribution in [0.15, 0.2) is 28.8 Å². The van der Waals surface area contributed by atoms with Crippen molar-refractivity contribution in [2.24, 2.45) is 0 Å². The van der Waals surface area contributed by atoms with Crippen molar-refractivity contribution in [3.05, 3.63) is 47.1 Å². The van der Waals surface area contributed by atoms with Gasteiger partial charge in [-0.15, -0.1) is 0 Å². The number of halogens is 1. The fourth-order valence-electron chi connectivity index (χ4n) is 1.58. The molecule has 0 saturated carbocycles. The summed E-state index contributed by atoms with van der Waals surface area (Å²) < 4.78 is 23.8. The largest absolute Gasteiger partial charge is 0.487 e. The van der Waals surface area contributed by atoms with Crippen LogP contribution in [0.5, 0.6) is 5.75 Å². The van der Waals surface area contributed by atoms with E-state index < -0.39 is 11.9 Å². The van der Waals surface area contributed by atoms with E-state index in [9.17, 15) is 9.50 Å². The van der Waals surface area contributed by atoms with E-state index >= 15 is 0 Å². The van der Waals surface area contributed by atoms with Gasteiger partial charge in [0.15, 0.2) is 0 Å². The molecule has 2 aromatic rings. The van der Waals surface area contributed by atoms with Crippen molar-refractivity contribution in [3.63, 3.8) is 0 Å². The maximum absolute atomic E-state index is 13.6. The average Bonchev–Trinajstić information content (AvgIpc) is 2.72. The Bertz CT molecular complexity index is 537. The third kappa shape index (κ3) is 2.87. The number of aliphatic hydroxyl groups is 1. The van der Waals surface area contributed by atoms with Gasteiger partial charge in [0.25, 0.3) is 0 Å². The van der Waals surface area contributed by atoms with E-state index in [1.807, 2.05) is 0 Å². The van der Waals surface area contributed by atoms with Crippen LogP contribution >= 0.6 is 0 Å². The van der Waals surface area contributed by atoms with Crippen molar-refractivity contribution in [2.75, 3.05) is 0 Å². The molecule has 0 unspecified atom stereocenters. The van der Waals surface area contributed by atoms with Crippen LogP contribution in [0.4, 0.5) is 4.39 Å². The van der Waals surface area contributed by atoms with Gasteiger partial charge in [-0.05, 0) is 26.0 Å². The summed E-state index contributed by atoms with van der Waals surface area (Å²) in [6, 6.07) is 6.11. The van der Waals surface area contributed by atoms with Crippen LogP contribution in [0.25, 0.3) is 0 Å². The molecule has 0 spiro atoms. The SMILES string of the molecule is Cc1cc(COc2ccc([C@@H](C)O)c(F)c2)no1. The lowest BCUT2D eigenvalue weighted by Gasteiger charge is -2.09. The molecule has 4 nitrogen and oxygen atoms in total. The van der Waals surface area contributed by atoms with E-state index in [2.05, 4.69) is 5.16 Å². The van der Waals surface area contributed by atoms with Gasteiger partial charge in [-0.2, -0.15) is 0 Å². The minimum absolute atomic E-state index is 0.213. The highest BCUT2D eigenvalue weighted by atomic mass is 19.1. The molecule has 5 heteroatoms. The van der Waals surface area contributed by atoms with Gasteiger partial charge in [-0.1, -0.05) is 5.16 Å². The average molecular weight is 251 g/mol. The monoisotopic (exact) mass is 251 g/mol. The second-order valence-corrected chi connectivity index (χ2v) is 4.08. The first kappa shape index (κ1) is 12.6. The van der Waals surface area contributed by atoms with Crippen LogP contribution in [0.1, 0.15) is 30.0 Å². The Balaban J connectivity index is 2.04. The Kier molecular flexibility index (Phi) is 3.62. The van der Waals surface area contributed by atoms with Crippen LogP contribution in [0.2, 0.25) is 0 Å². The predicted octanol–water partition coefficient (Wildman–Crippen LogP) is 2.75. The molecule has 0 aliphatic carbocycles. The van der Waals surface area contributed by atoms with E-state index in [-0.39, 0.29) is 12.2 Å². The molecule has 0 radical (unpaired) electrons. The molecule has 0 fully saturated rings. The van der Waals surface area contributed by atoms with Gasteiger partial charge < -0.3 is 14.4 Å². The maximum Gasteiger partial charge on any atom is 0.134 e. The summed E-state index contributed by atoms with van der Waals surface area (Å²) in [5, 5.41) is 13.1.